The molecule has 0 saturated carbocycles. The Hall–Kier alpha value is -1.34. The van der Waals surface area contributed by atoms with Gasteiger partial charge >= 0.3 is 0 Å². The van der Waals surface area contributed by atoms with Crippen LogP contribution in [-0.2, 0) is 0 Å². The molecule has 1 rings (SSSR count). The molecule has 1 aliphatic carbocycles. The molecule has 0 saturated heterocycles. The first-order valence-corrected chi connectivity index (χ1v) is 6.79. The molecule has 0 bridgehead atoms. The zero-order chi connectivity index (χ0) is 14.7. The lowest BCUT2D eigenvalue weighted by atomic mass is 10.0. The molecule has 18 heavy (non-hydrogen) atoms. The number of hydrogen-bond acceptors (Lipinski definition) is 1. The number of hydrogen-bond donors (Lipinski definition) is 1. The van der Waals surface area contributed by atoms with Crippen molar-refractivity contribution in [1.82, 2.24) is 0 Å². The van der Waals surface area contributed by atoms with Crippen LogP contribution < -0.4 is 5.73 Å². The van der Waals surface area contributed by atoms with Crippen molar-refractivity contribution in [2.75, 3.05) is 0 Å². The highest BCUT2D eigenvalue weighted by Gasteiger charge is 2.26. The summed E-state index contributed by atoms with van der Waals surface area (Å²) in [6.07, 6.45) is 7.80. The highest BCUT2D eigenvalue weighted by atomic mass is 14.7. The van der Waals surface area contributed by atoms with E-state index in [2.05, 4.69) is 25.3 Å². The molecule has 1 heteroatoms. The van der Waals surface area contributed by atoms with Gasteiger partial charge in [-0.2, -0.15) is 0 Å². The summed E-state index contributed by atoms with van der Waals surface area (Å²) in [7, 11) is 0. The summed E-state index contributed by atoms with van der Waals surface area (Å²) in [5.74, 6) is 0. The van der Waals surface area contributed by atoms with Crippen LogP contribution in [0, 0.1) is 0 Å². The van der Waals surface area contributed by atoms with Gasteiger partial charge in [-0.25, -0.2) is 0 Å². The lowest BCUT2D eigenvalue weighted by Gasteiger charge is -2.07. The van der Waals surface area contributed by atoms with Gasteiger partial charge < -0.3 is 5.73 Å². The highest BCUT2D eigenvalue weighted by molar-refractivity contribution is 5.66. The zero-order valence-electron chi connectivity index (χ0n) is 12.9. The van der Waals surface area contributed by atoms with Gasteiger partial charge in [0.15, 0.2) is 0 Å². The Morgan fingerprint density at radius 2 is 1.44 bits per heavy atom. The minimum absolute atomic E-state index is 0.0447. The Morgan fingerprint density at radius 3 is 1.72 bits per heavy atom. The van der Waals surface area contributed by atoms with E-state index in [1.54, 1.807) is 0 Å². The molecule has 0 aliphatic heterocycles. The monoisotopic (exact) mass is 247 g/mol. The molecular formula is C17H29N. The maximum atomic E-state index is 6.09. The smallest absolute Gasteiger partial charge is 0.0560 e. The summed E-state index contributed by atoms with van der Waals surface area (Å²) in [6.45, 7) is 19.6. The minimum Gasteiger partial charge on any atom is -0.320 e. The van der Waals surface area contributed by atoms with Gasteiger partial charge in [0.05, 0.1) is 6.04 Å². The second kappa shape index (κ2) is 10.8. The summed E-state index contributed by atoms with van der Waals surface area (Å²) < 4.78 is 0. The third kappa shape index (κ3) is 3.85. The van der Waals surface area contributed by atoms with Crippen LogP contribution in [0.3, 0.4) is 0 Å². The maximum Gasteiger partial charge on any atom is 0.0560 e. The van der Waals surface area contributed by atoms with Crippen LogP contribution in [0.5, 0.6) is 0 Å². The molecular weight excluding hydrogens is 218 g/mol. The van der Waals surface area contributed by atoms with Gasteiger partial charge in [0.1, 0.15) is 0 Å². The van der Waals surface area contributed by atoms with Crippen molar-refractivity contribution in [3.63, 3.8) is 0 Å². The third-order valence-corrected chi connectivity index (χ3v) is 2.61. The molecule has 1 aliphatic rings. The number of allylic oxidation sites excluding steroid dienone is 4. The first kappa shape index (κ1) is 19.0. The van der Waals surface area contributed by atoms with Crippen LogP contribution in [0.15, 0.2) is 59.8 Å². The standard InChI is InChI=1S/C13H17N.2C2H6/c1-5-9-10(6-2)12(8-4)13(14)11(9)7-3;2*1-2/h5-8,13H,1,3,14H2,2,4H3;2*1-2H3/b10-6-,12-8+;;. The van der Waals surface area contributed by atoms with E-state index in [1.807, 2.05) is 53.7 Å². The molecule has 0 aromatic carbocycles. The summed E-state index contributed by atoms with van der Waals surface area (Å²) in [5.41, 5.74) is 10.6. The first-order valence-electron chi connectivity index (χ1n) is 6.79. The van der Waals surface area contributed by atoms with Gasteiger partial charge in [0.25, 0.3) is 0 Å². The fraction of sp³-hybridized carbons (Fsp3) is 0.412. The Balaban J connectivity index is 0. The van der Waals surface area contributed by atoms with Crippen molar-refractivity contribution in [3.8, 4) is 0 Å². The average molecular weight is 247 g/mol. The molecule has 0 radical (unpaired) electrons. The van der Waals surface area contributed by atoms with E-state index >= 15 is 0 Å². The van der Waals surface area contributed by atoms with E-state index in [4.69, 9.17) is 5.73 Å². The van der Waals surface area contributed by atoms with Gasteiger partial charge in [0.2, 0.25) is 0 Å². The van der Waals surface area contributed by atoms with E-state index in [0.29, 0.717) is 0 Å². The molecule has 0 amide bonds. The van der Waals surface area contributed by atoms with Gasteiger partial charge in [-0.05, 0) is 36.1 Å². The SMILES string of the molecule is C=CC1=C(C=C)C(N)C(=C/C)/C1=C\C.CC.CC. The fourth-order valence-corrected chi connectivity index (χ4v) is 1.94. The fourth-order valence-electron chi connectivity index (χ4n) is 1.94. The van der Waals surface area contributed by atoms with Crippen LogP contribution in [0.2, 0.25) is 0 Å². The molecule has 0 fully saturated rings. The summed E-state index contributed by atoms with van der Waals surface area (Å²) in [6, 6.07) is -0.0447. The van der Waals surface area contributed by atoms with Crippen molar-refractivity contribution in [3.05, 3.63) is 59.8 Å². The molecule has 1 unspecified atom stereocenters. The Bertz CT molecular complexity index is 354. The molecule has 1 atom stereocenters. The highest BCUT2D eigenvalue weighted by Crippen LogP contribution is 2.36. The van der Waals surface area contributed by atoms with E-state index in [9.17, 15) is 0 Å². The lowest BCUT2D eigenvalue weighted by molar-refractivity contribution is 0.955. The van der Waals surface area contributed by atoms with Crippen molar-refractivity contribution in [2.45, 2.75) is 47.6 Å². The van der Waals surface area contributed by atoms with Crippen LogP contribution in [0.4, 0.5) is 0 Å². The number of rotatable bonds is 2. The maximum absolute atomic E-state index is 6.09. The lowest BCUT2D eigenvalue weighted by Crippen LogP contribution is -2.20. The van der Waals surface area contributed by atoms with Crippen molar-refractivity contribution < 1.29 is 0 Å². The van der Waals surface area contributed by atoms with Gasteiger partial charge in [-0.3, -0.25) is 0 Å². The minimum atomic E-state index is -0.0447. The predicted molar refractivity (Wildman–Crippen MR) is 85.6 cm³/mol. The summed E-state index contributed by atoms with van der Waals surface area (Å²) in [5, 5.41) is 0. The van der Waals surface area contributed by atoms with E-state index < -0.39 is 0 Å². The molecule has 102 valence electrons. The first-order chi connectivity index (χ1) is 8.71. The van der Waals surface area contributed by atoms with Crippen LogP contribution >= 0.6 is 0 Å². The van der Waals surface area contributed by atoms with Gasteiger partial charge in [-0.1, -0.05) is 65.2 Å². The van der Waals surface area contributed by atoms with Crippen molar-refractivity contribution >= 4 is 0 Å². The molecule has 0 aromatic heterocycles. The summed E-state index contributed by atoms with van der Waals surface area (Å²) in [4.78, 5) is 0. The van der Waals surface area contributed by atoms with E-state index in [0.717, 1.165) is 16.7 Å². The van der Waals surface area contributed by atoms with Crippen molar-refractivity contribution in [2.24, 2.45) is 5.73 Å². The largest absolute Gasteiger partial charge is 0.320 e. The molecule has 2 N–H and O–H groups in total. The zero-order valence-corrected chi connectivity index (χ0v) is 12.9. The Morgan fingerprint density at radius 1 is 0.944 bits per heavy atom. The summed E-state index contributed by atoms with van der Waals surface area (Å²) >= 11 is 0. The van der Waals surface area contributed by atoms with Crippen molar-refractivity contribution in [1.29, 1.82) is 0 Å². The van der Waals surface area contributed by atoms with Crippen LogP contribution in [0.1, 0.15) is 41.5 Å². The molecule has 0 heterocycles. The van der Waals surface area contributed by atoms with Crippen LogP contribution in [-0.4, -0.2) is 6.04 Å². The normalized spacial score (nSPS) is 22.1. The quantitative estimate of drug-likeness (QED) is 0.734. The molecule has 0 spiro atoms. The van der Waals surface area contributed by atoms with E-state index in [-0.39, 0.29) is 6.04 Å². The predicted octanol–water partition coefficient (Wildman–Crippen LogP) is 4.94. The second-order valence-electron chi connectivity index (χ2n) is 3.20. The molecule has 0 aromatic rings. The Labute approximate surface area is 113 Å². The van der Waals surface area contributed by atoms with Gasteiger partial charge in [-0.15, -0.1) is 0 Å². The topological polar surface area (TPSA) is 26.0 Å². The average Bonchev–Trinajstić information content (AvgIpc) is 2.73. The van der Waals surface area contributed by atoms with Crippen LogP contribution in [0.25, 0.3) is 0 Å². The van der Waals surface area contributed by atoms with Gasteiger partial charge in [0, 0.05) is 0 Å². The second-order valence-corrected chi connectivity index (χ2v) is 3.20. The van der Waals surface area contributed by atoms with E-state index in [1.165, 1.54) is 5.57 Å². The molecule has 1 nitrogen and oxygen atoms in total. The number of nitrogens with two attached hydrogens (primary N) is 1. The Kier molecular flexibility index (Phi) is 11.4. The third-order valence-electron chi connectivity index (χ3n) is 2.61.